The van der Waals surface area contributed by atoms with Crippen molar-refractivity contribution in [3.05, 3.63) is 84.2 Å². The van der Waals surface area contributed by atoms with Crippen molar-refractivity contribution in [2.45, 2.75) is 0 Å². The Hall–Kier alpha value is -4.17. The number of amides is 1. The van der Waals surface area contributed by atoms with E-state index < -0.39 is 5.82 Å². The molecule has 1 saturated heterocycles. The molecule has 2 heterocycles. The Morgan fingerprint density at radius 1 is 1.03 bits per heavy atom. The number of hydrogen-bond donors (Lipinski definition) is 1. The molecular weight excluding hydrogens is 483 g/mol. The van der Waals surface area contributed by atoms with E-state index >= 15 is 0 Å². The summed E-state index contributed by atoms with van der Waals surface area (Å²) in [5, 5.41) is 20.6. The van der Waals surface area contributed by atoms with Gasteiger partial charge in [-0.2, -0.15) is 0 Å². The molecule has 5 rings (SSSR count). The van der Waals surface area contributed by atoms with Gasteiger partial charge in [0.05, 0.1) is 10.9 Å². The summed E-state index contributed by atoms with van der Waals surface area (Å²) < 4.78 is 20.8. The molecule has 0 bridgehead atoms. The van der Waals surface area contributed by atoms with Gasteiger partial charge in [0.15, 0.2) is 5.82 Å². The summed E-state index contributed by atoms with van der Waals surface area (Å²) in [7, 11) is 0. The van der Waals surface area contributed by atoms with Gasteiger partial charge in [0.1, 0.15) is 17.3 Å². The summed E-state index contributed by atoms with van der Waals surface area (Å²) in [5.41, 5.74) is 0.294. The van der Waals surface area contributed by atoms with Crippen molar-refractivity contribution in [2.75, 3.05) is 31.1 Å². The summed E-state index contributed by atoms with van der Waals surface area (Å²) in [6, 6.07) is 16.5. The highest BCUT2D eigenvalue weighted by molar-refractivity contribution is 6.34. The van der Waals surface area contributed by atoms with Gasteiger partial charge in [0.25, 0.3) is 0 Å². The number of benzene rings is 3. The first kappa shape index (κ1) is 23.6. The van der Waals surface area contributed by atoms with Crippen LogP contribution in [-0.2, 0) is 4.79 Å². The van der Waals surface area contributed by atoms with Crippen LogP contribution in [0.4, 0.5) is 10.2 Å². The number of halogens is 2. The van der Waals surface area contributed by atoms with E-state index in [9.17, 15) is 14.3 Å². The zero-order valence-electron chi connectivity index (χ0n) is 19.2. The number of rotatable bonds is 5. The van der Waals surface area contributed by atoms with Gasteiger partial charge < -0.3 is 19.6 Å². The number of para-hydroxylation sites is 1. The molecule has 1 fully saturated rings. The van der Waals surface area contributed by atoms with E-state index in [1.165, 1.54) is 24.3 Å². The third kappa shape index (κ3) is 4.43. The molecule has 0 radical (unpaired) electrons. The van der Waals surface area contributed by atoms with Crippen molar-refractivity contribution in [1.82, 2.24) is 15.1 Å². The lowest BCUT2D eigenvalue weighted by molar-refractivity contribution is -0.126. The fourth-order valence-corrected chi connectivity index (χ4v) is 4.54. The van der Waals surface area contributed by atoms with Gasteiger partial charge in [-0.05, 0) is 42.5 Å². The number of ether oxygens (including phenoxy) is 1. The van der Waals surface area contributed by atoms with Crippen LogP contribution in [0.1, 0.15) is 0 Å². The van der Waals surface area contributed by atoms with Crippen LogP contribution >= 0.6 is 11.6 Å². The Bertz CT molecular complexity index is 1440. The molecule has 0 saturated carbocycles. The molecular formula is C27H22ClFN4O3. The van der Waals surface area contributed by atoms with E-state index in [1.807, 2.05) is 23.1 Å². The van der Waals surface area contributed by atoms with Gasteiger partial charge in [0.2, 0.25) is 11.8 Å². The maximum Gasteiger partial charge on any atom is 0.246 e. The minimum absolute atomic E-state index is 0.00928. The van der Waals surface area contributed by atoms with Crippen molar-refractivity contribution in [1.29, 1.82) is 0 Å². The van der Waals surface area contributed by atoms with Gasteiger partial charge in [0, 0.05) is 42.2 Å². The van der Waals surface area contributed by atoms with Crippen LogP contribution < -0.4 is 9.64 Å². The highest BCUT2D eigenvalue weighted by Crippen LogP contribution is 2.42. The average Bonchev–Trinajstić information content (AvgIpc) is 2.89. The van der Waals surface area contributed by atoms with Crippen LogP contribution in [0, 0.1) is 5.82 Å². The second-order valence-electron chi connectivity index (χ2n) is 8.27. The number of carbonyl (C=O) groups excluding carboxylic acids is 1. The topological polar surface area (TPSA) is 78.8 Å². The molecule has 3 aromatic carbocycles. The number of aromatic nitrogens is 2. The molecule has 0 aliphatic carbocycles. The van der Waals surface area contributed by atoms with Gasteiger partial charge in [-0.1, -0.05) is 42.4 Å². The number of phenols is 1. The molecule has 1 aliphatic heterocycles. The summed E-state index contributed by atoms with van der Waals surface area (Å²) in [6.45, 7) is 5.64. The molecule has 9 heteroatoms. The van der Waals surface area contributed by atoms with Crippen molar-refractivity contribution in [2.24, 2.45) is 0 Å². The molecule has 1 amide bonds. The minimum atomic E-state index is -0.605. The van der Waals surface area contributed by atoms with Gasteiger partial charge in [-0.25, -0.2) is 4.39 Å². The number of anilines is 1. The number of nitrogens with zero attached hydrogens (tertiary/aromatic N) is 4. The summed E-state index contributed by atoms with van der Waals surface area (Å²) in [4.78, 5) is 15.7. The largest absolute Gasteiger partial charge is 0.507 e. The van der Waals surface area contributed by atoms with Crippen LogP contribution in [0.25, 0.3) is 21.9 Å². The third-order valence-corrected chi connectivity index (χ3v) is 6.41. The summed E-state index contributed by atoms with van der Waals surface area (Å²) >= 11 is 6.64. The Morgan fingerprint density at radius 3 is 2.47 bits per heavy atom. The van der Waals surface area contributed by atoms with E-state index in [2.05, 4.69) is 16.8 Å². The Morgan fingerprint density at radius 2 is 1.78 bits per heavy atom. The Kier molecular flexibility index (Phi) is 6.43. The van der Waals surface area contributed by atoms with E-state index in [4.69, 9.17) is 16.3 Å². The lowest BCUT2D eigenvalue weighted by Gasteiger charge is -2.35. The molecule has 1 aromatic heterocycles. The fraction of sp³-hybridized carbons (Fsp3) is 0.148. The summed E-state index contributed by atoms with van der Waals surface area (Å²) in [5.74, 6) is 0.396. The molecule has 7 nitrogen and oxygen atoms in total. The van der Waals surface area contributed by atoms with Crippen LogP contribution in [0.15, 0.2) is 73.3 Å². The first-order valence-electron chi connectivity index (χ1n) is 11.3. The SMILES string of the molecule is C=CC(=O)N1CCN(c2nnc(Oc3ccccc3)c3cc(-c4c(O)cccc4F)c(Cl)cc23)CC1. The predicted molar refractivity (Wildman–Crippen MR) is 137 cm³/mol. The number of phenolic OH excluding ortho intramolecular Hbond substituents is 1. The molecule has 0 spiro atoms. The lowest BCUT2D eigenvalue weighted by atomic mass is 10.00. The molecule has 182 valence electrons. The summed E-state index contributed by atoms with van der Waals surface area (Å²) in [6.07, 6.45) is 1.31. The second kappa shape index (κ2) is 9.83. The van der Waals surface area contributed by atoms with E-state index in [0.717, 1.165) is 0 Å². The molecule has 4 aromatic rings. The van der Waals surface area contributed by atoms with E-state index in [1.54, 1.807) is 29.2 Å². The highest BCUT2D eigenvalue weighted by atomic mass is 35.5. The van der Waals surface area contributed by atoms with Crippen LogP contribution in [0.3, 0.4) is 0 Å². The second-order valence-corrected chi connectivity index (χ2v) is 8.68. The van der Waals surface area contributed by atoms with Crippen molar-refractivity contribution in [3.8, 4) is 28.5 Å². The number of fused-ring (bicyclic) bond motifs is 1. The highest BCUT2D eigenvalue weighted by Gasteiger charge is 2.25. The van der Waals surface area contributed by atoms with E-state index in [0.29, 0.717) is 54.1 Å². The molecule has 0 unspecified atom stereocenters. The van der Waals surface area contributed by atoms with Crippen molar-refractivity contribution >= 4 is 34.1 Å². The van der Waals surface area contributed by atoms with Crippen molar-refractivity contribution < 1.29 is 19.0 Å². The Balaban J connectivity index is 1.63. The molecule has 1 aliphatic rings. The molecule has 1 N–H and O–H groups in total. The monoisotopic (exact) mass is 504 g/mol. The van der Waals surface area contributed by atoms with Crippen molar-refractivity contribution in [3.63, 3.8) is 0 Å². The number of carbonyl (C=O) groups is 1. The van der Waals surface area contributed by atoms with Gasteiger partial charge in [-0.3, -0.25) is 4.79 Å². The third-order valence-electron chi connectivity index (χ3n) is 6.10. The Labute approximate surface area is 212 Å². The van der Waals surface area contributed by atoms with E-state index in [-0.39, 0.29) is 28.1 Å². The number of hydrogen-bond acceptors (Lipinski definition) is 6. The standard InChI is InChI=1S/C27H22ClFN4O3/c1-2-24(35)32-11-13-33(14-12-32)26-18-16-21(28)20(25-22(29)9-6-10-23(25)34)15-19(18)27(31-30-26)36-17-7-4-3-5-8-17/h2-10,15-16,34H,1,11-14H2. The maximum absolute atomic E-state index is 14.7. The van der Waals surface area contributed by atoms with Crippen LogP contribution in [0.5, 0.6) is 17.4 Å². The zero-order chi connectivity index (χ0) is 25.2. The average molecular weight is 505 g/mol. The molecule has 36 heavy (non-hydrogen) atoms. The van der Waals surface area contributed by atoms with Crippen LogP contribution in [0.2, 0.25) is 5.02 Å². The van der Waals surface area contributed by atoms with Gasteiger partial charge >= 0.3 is 0 Å². The predicted octanol–water partition coefficient (Wildman–Crippen LogP) is 5.42. The normalized spacial score (nSPS) is 13.6. The fourth-order valence-electron chi connectivity index (χ4n) is 4.28. The minimum Gasteiger partial charge on any atom is -0.507 e. The molecule has 0 atom stereocenters. The quantitative estimate of drug-likeness (QED) is 0.365. The smallest absolute Gasteiger partial charge is 0.246 e. The van der Waals surface area contributed by atoms with Gasteiger partial charge in [-0.15, -0.1) is 10.2 Å². The number of piperazine rings is 1. The van der Waals surface area contributed by atoms with Crippen LogP contribution in [-0.4, -0.2) is 52.3 Å². The number of aromatic hydroxyl groups is 1. The maximum atomic E-state index is 14.7. The lowest BCUT2D eigenvalue weighted by Crippen LogP contribution is -2.48. The first-order valence-corrected chi connectivity index (χ1v) is 11.7. The first-order chi connectivity index (χ1) is 17.5. The zero-order valence-corrected chi connectivity index (χ0v) is 20.0.